The maximum Gasteiger partial charge on any atom is 0.0904 e. The highest BCUT2D eigenvalue weighted by molar-refractivity contribution is 4.83. The molecule has 1 aliphatic heterocycles. The summed E-state index contributed by atoms with van der Waals surface area (Å²) >= 11 is 0. The van der Waals surface area contributed by atoms with Crippen molar-refractivity contribution in [3.63, 3.8) is 0 Å². The van der Waals surface area contributed by atoms with Gasteiger partial charge in [0.1, 0.15) is 0 Å². The molecule has 1 N–H and O–H groups in total. The molecule has 0 aromatic heterocycles. The summed E-state index contributed by atoms with van der Waals surface area (Å²) in [4.78, 5) is 0. The first-order valence-corrected chi connectivity index (χ1v) is 4.96. The van der Waals surface area contributed by atoms with Crippen LogP contribution in [0.3, 0.4) is 0 Å². The van der Waals surface area contributed by atoms with Gasteiger partial charge in [-0.2, -0.15) is 0 Å². The van der Waals surface area contributed by atoms with Crippen LogP contribution in [0.5, 0.6) is 0 Å². The summed E-state index contributed by atoms with van der Waals surface area (Å²) in [5.41, 5.74) is -0.505. The van der Waals surface area contributed by atoms with Gasteiger partial charge in [-0.3, -0.25) is 0 Å². The molecule has 0 radical (unpaired) electrons. The minimum Gasteiger partial charge on any atom is -0.387 e. The van der Waals surface area contributed by atoms with Crippen molar-refractivity contribution in [2.45, 2.75) is 45.1 Å². The van der Waals surface area contributed by atoms with Crippen LogP contribution in [0.1, 0.15) is 39.5 Å². The van der Waals surface area contributed by atoms with E-state index in [-0.39, 0.29) is 0 Å². The normalized spacial score (nSPS) is 32.2. The van der Waals surface area contributed by atoms with E-state index < -0.39 is 5.60 Å². The van der Waals surface area contributed by atoms with E-state index in [1.165, 1.54) is 12.8 Å². The van der Waals surface area contributed by atoms with Gasteiger partial charge in [-0.05, 0) is 12.3 Å². The van der Waals surface area contributed by atoms with E-state index in [9.17, 15) is 5.11 Å². The fraction of sp³-hybridized carbons (Fsp3) is 1.00. The zero-order valence-corrected chi connectivity index (χ0v) is 8.18. The first kappa shape index (κ1) is 10.0. The molecule has 1 fully saturated rings. The molecule has 0 aromatic carbocycles. The lowest BCUT2D eigenvalue weighted by Gasteiger charge is -2.24. The monoisotopic (exact) mass is 172 g/mol. The molecule has 0 spiro atoms. The van der Waals surface area contributed by atoms with Crippen LogP contribution in [0, 0.1) is 5.92 Å². The lowest BCUT2D eigenvalue weighted by atomic mass is 9.88. The molecule has 2 heteroatoms. The molecule has 1 heterocycles. The van der Waals surface area contributed by atoms with Gasteiger partial charge in [0.25, 0.3) is 0 Å². The Balaban J connectivity index is 2.28. The standard InChI is InChI=1S/C10H20O2/c1-3-4-9(2)7-10(11)5-6-12-8-10/h9,11H,3-8H2,1-2H3. The third kappa shape index (κ3) is 2.76. The fourth-order valence-corrected chi connectivity index (χ4v) is 2.00. The molecule has 2 unspecified atom stereocenters. The number of ether oxygens (including phenoxy) is 1. The fourth-order valence-electron chi connectivity index (χ4n) is 2.00. The Hall–Kier alpha value is -0.0800. The van der Waals surface area contributed by atoms with E-state index in [0.29, 0.717) is 12.5 Å². The smallest absolute Gasteiger partial charge is 0.0904 e. The topological polar surface area (TPSA) is 29.5 Å². The molecule has 1 saturated heterocycles. The van der Waals surface area contributed by atoms with Crippen LogP contribution in [0.25, 0.3) is 0 Å². The van der Waals surface area contributed by atoms with Crippen LogP contribution in [-0.4, -0.2) is 23.9 Å². The average molecular weight is 172 g/mol. The zero-order valence-electron chi connectivity index (χ0n) is 8.18. The van der Waals surface area contributed by atoms with Crippen LogP contribution in [-0.2, 0) is 4.74 Å². The van der Waals surface area contributed by atoms with E-state index >= 15 is 0 Å². The van der Waals surface area contributed by atoms with Gasteiger partial charge in [0.2, 0.25) is 0 Å². The van der Waals surface area contributed by atoms with Gasteiger partial charge < -0.3 is 9.84 Å². The van der Waals surface area contributed by atoms with E-state index in [1.807, 2.05) is 0 Å². The van der Waals surface area contributed by atoms with Crippen molar-refractivity contribution in [1.29, 1.82) is 0 Å². The lowest BCUT2D eigenvalue weighted by molar-refractivity contribution is 0.00646. The summed E-state index contributed by atoms with van der Waals surface area (Å²) in [6.45, 7) is 5.67. The van der Waals surface area contributed by atoms with Gasteiger partial charge in [-0.15, -0.1) is 0 Å². The largest absolute Gasteiger partial charge is 0.387 e. The van der Waals surface area contributed by atoms with Crippen molar-refractivity contribution in [3.8, 4) is 0 Å². The molecule has 0 aromatic rings. The van der Waals surface area contributed by atoms with Crippen molar-refractivity contribution >= 4 is 0 Å². The average Bonchev–Trinajstić information content (AvgIpc) is 2.36. The quantitative estimate of drug-likeness (QED) is 0.702. The van der Waals surface area contributed by atoms with E-state index in [4.69, 9.17) is 4.74 Å². The first-order valence-electron chi connectivity index (χ1n) is 4.96. The number of aliphatic hydroxyl groups is 1. The van der Waals surface area contributed by atoms with Gasteiger partial charge in [-0.25, -0.2) is 0 Å². The summed E-state index contributed by atoms with van der Waals surface area (Å²) in [7, 11) is 0. The van der Waals surface area contributed by atoms with Crippen LogP contribution < -0.4 is 0 Å². The molecular weight excluding hydrogens is 152 g/mol. The summed E-state index contributed by atoms with van der Waals surface area (Å²) in [6.07, 6.45) is 4.14. The molecule has 1 rings (SSSR count). The van der Waals surface area contributed by atoms with Crippen molar-refractivity contribution < 1.29 is 9.84 Å². The van der Waals surface area contributed by atoms with Crippen molar-refractivity contribution in [3.05, 3.63) is 0 Å². The second-order valence-corrected chi connectivity index (χ2v) is 4.12. The Morgan fingerprint density at radius 2 is 2.33 bits per heavy atom. The number of hydrogen-bond acceptors (Lipinski definition) is 2. The predicted octanol–water partition coefficient (Wildman–Crippen LogP) is 1.96. The second-order valence-electron chi connectivity index (χ2n) is 4.12. The molecular formula is C10H20O2. The van der Waals surface area contributed by atoms with Gasteiger partial charge in [0.15, 0.2) is 0 Å². The number of rotatable bonds is 4. The predicted molar refractivity (Wildman–Crippen MR) is 49.1 cm³/mol. The zero-order chi connectivity index (χ0) is 9.03. The highest BCUT2D eigenvalue weighted by Gasteiger charge is 2.33. The van der Waals surface area contributed by atoms with Crippen LogP contribution >= 0.6 is 0 Å². The van der Waals surface area contributed by atoms with E-state index in [2.05, 4.69) is 13.8 Å². The summed E-state index contributed by atoms with van der Waals surface area (Å²) in [5, 5.41) is 9.96. The third-order valence-corrected chi connectivity index (χ3v) is 2.59. The molecule has 0 bridgehead atoms. The second kappa shape index (κ2) is 4.24. The van der Waals surface area contributed by atoms with Crippen molar-refractivity contribution in [2.24, 2.45) is 5.92 Å². The molecule has 0 amide bonds. The maximum absolute atomic E-state index is 9.96. The Bertz CT molecular complexity index is 128. The molecule has 2 nitrogen and oxygen atoms in total. The Morgan fingerprint density at radius 1 is 1.58 bits per heavy atom. The summed E-state index contributed by atoms with van der Waals surface area (Å²) in [6, 6.07) is 0. The molecule has 12 heavy (non-hydrogen) atoms. The highest BCUT2D eigenvalue weighted by Crippen LogP contribution is 2.27. The molecule has 1 aliphatic rings. The summed E-state index contributed by atoms with van der Waals surface area (Å²) < 4.78 is 5.19. The van der Waals surface area contributed by atoms with Gasteiger partial charge in [0, 0.05) is 13.0 Å². The van der Waals surface area contributed by atoms with E-state index in [0.717, 1.165) is 19.4 Å². The van der Waals surface area contributed by atoms with Crippen LogP contribution in [0.15, 0.2) is 0 Å². The Labute approximate surface area is 74.9 Å². The van der Waals surface area contributed by atoms with Gasteiger partial charge >= 0.3 is 0 Å². The SMILES string of the molecule is CCCC(C)CC1(O)CCOC1. The molecule has 72 valence electrons. The van der Waals surface area contributed by atoms with Crippen molar-refractivity contribution in [2.75, 3.05) is 13.2 Å². The van der Waals surface area contributed by atoms with E-state index in [1.54, 1.807) is 0 Å². The molecule has 0 aliphatic carbocycles. The molecule has 2 atom stereocenters. The Morgan fingerprint density at radius 3 is 2.83 bits per heavy atom. The highest BCUT2D eigenvalue weighted by atomic mass is 16.5. The minimum atomic E-state index is -0.505. The third-order valence-electron chi connectivity index (χ3n) is 2.59. The van der Waals surface area contributed by atoms with Crippen LogP contribution in [0.2, 0.25) is 0 Å². The maximum atomic E-state index is 9.96. The summed E-state index contributed by atoms with van der Waals surface area (Å²) in [5.74, 6) is 0.627. The van der Waals surface area contributed by atoms with Gasteiger partial charge in [0.05, 0.1) is 12.2 Å². The minimum absolute atomic E-state index is 0.505. The molecule has 0 saturated carbocycles. The van der Waals surface area contributed by atoms with Crippen molar-refractivity contribution in [1.82, 2.24) is 0 Å². The lowest BCUT2D eigenvalue weighted by Crippen LogP contribution is -2.31. The van der Waals surface area contributed by atoms with Gasteiger partial charge in [-0.1, -0.05) is 26.7 Å². The van der Waals surface area contributed by atoms with Crippen LogP contribution in [0.4, 0.5) is 0 Å². The first-order chi connectivity index (χ1) is 5.66. The Kier molecular flexibility index (Phi) is 3.53. The number of hydrogen-bond donors (Lipinski definition) is 1.